The van der Waals surface area contributed by atoms with Crippen molar-refractivity contribution < 1.29 is 4.74 Å². The second kappa shape index (κ2) is 5.73. The molecule has 1 heterocycles. The minimum absolute atomic E-state index is 0.710. The number of hydrogen-bond acceptors (Lipinski definition) is 3. The molecule has 2 rings (SSSR count). The summed E-state index contributed by atoms with van der Waals surface area (Å²) in [4.78, 5) is 2.71. The Morgan fingerprint density at radius 2 is 1.88 bits per heavy atom. The Morgan fingerprint density at radius 3 is 2.47 bits per heavy atom. The molecule has 0 aliphatic heterocycles. The smallest absolute Gasteiger partial charge is 0.119 e. The van der Waals surface area contributed by atoms with Crippen LogP contribution in [0.3, 0.4) is 0 Å². The Morgan fingerprint density at radius 1 is 1.12 bits per heavy atom. The van der Waals surface area contributed by atoms with E-state index in [2.05, 4.69) is 24.4 Å². The second-order valence-electron chi connectivity index (χ2n) is 3.82. The van der Waals surface area contributed by atoms with Crippen LogP contribution in [-0.2, 0) is 6.54 Å². The molecule has 0 atom stereocenters. The fraction of sp³-hybridized carbons (Fsp3) is 0.286. The first kappa shape index (κ1) is 12.0. The molecule has 0 aliphatic rings. The van der Waals surface area contributed by atoms with Crippen LogP contribution in [0.25, 0.3) is 0 Å². The molecule has 0 radical (unpaired) electrons. The molecule has 2 aromatic rings. The highest BCUT2D eigenvalue weighted by molar-refractivity contribution is 7.11. The molecular weight excluding hydrogens is 230 g/mol. The van der Waals surface area contributed by atoms with Crippen molar-refractivity contribution >= 4 is 17.0 Å². The minimum Gasteiger partial charge on any atom is -0.494 e. The lowest BCUT2D eigenvalue weighted by atomic mass is 10.3. The van der Waals surface area contributed by atoms with Crippen LogP contribution < -0.4 is 10.1 Å². The highest BCUT2D eigenvalue weighted by Crippen LogP contribution is 2.19. The maximum Gasteiger partial charge on any atom is 0.119 e. The lowest BCUT2D eigenvalue weighted by Gasteiger charge is -2.06. The number of aryl methyl sites for hydroxylation is 1. The van der Waals surface area contributed by atoms with Crippen molar-refractivity contribution in [3.8, 4) is 5.75 Å². The number of nitrogens with one attached hydrogen (secondary N) is 1. The fourth-order valence-corrected chi connectivity index (χ4v) is 2.44. The Hall–Kier alpha value is -1.48. The van der Waals surface area contributed by atoms with Gasteiger partial charge in [0.25, 0.3) is 0 Å². The van der Waals surface area contributed by atoms with Crippen molar-refractivity contribution in [3.63, 3.8) is 0 Å². The van der Waals surface area contributed by atoms with Crippen molar-refractivity contribution in [2.24, 2.45) is 0 Å². The maximum atomic E-state index is 5.40. The van der Waals surface area contributed by atoms with Gasteiger partial charge in [0.15, 0.2) is 0 Å². The van der Waals surface area contributed by atoms with Gasteiger partial charge in [-0.15, -0.1) is 11.3 Å². The Bertz CT molecular complexity index is 461. The van der Waals surface area contributed by atoms with E-state index in [-0.39, 0.29) is 0 Å². The molecule has 90 valence electrons. The van der Waals surface area contributed by atoms with E-state index < -0.39 is 0 Å². The number of thiophene rings is 1. The molecule has 1 aromatic carbocycles. The summed E-state index contributed by atoms with van der Waals surface area (Å²) in [5.74, 6) is 0.921. The van der Waals surface area contributed by atoms with Crippen LogP contribution in [0.15, 0.2) is 36.4 Å². The molecule has 0 unspecified atom stereocenters. The quantitative estimate of drug-likeness (QED) is 0.860. The lowest BCUT2D eigenvalue weighted by Crippen LogP contribution is -1.97. The first-order valence-corrected chi connectivity index (χ1v) is 6.61. The van der Waals surface area contributed by atoms with Gasteiger partial charge in [-0.1, -0.05) is 0 Å². The average Bonchev–Trinajstić information content (AvgIpc) is 2.75. The maximum absolute atomic E-state index is 5.40. The molecule has 0 saturated heterocycles. The van der Waals surface area contributed by atoms with Gasteiger partial charge in [-0.3, -0.25) is 0 Å². The molecule has 0 aliphatic carbocycles. The van der Waals surface area contributed by atoms with Gasteiger partial charge in [0, 0.05) is 22.0 Å². The van der Waals surface area contributed by atoms with E-state index in [0.717, 1.165) is 18.0 Å². The second-order valence-corrected chi connectivity index (χ2v) is 5.20. The molecule has 3 heteroatoms. The van der Waals surface area contributed by atoms with Crippen molar-refractivity contribution in [2.45, 2.75) is 20.4 Å². The highest BCUT2D eigenvalue weighted by Gasteiger charge is 1.97. The van der Waals surface area contributed by atoms with E-state index in [4.69, 9.17) is 4.74 Å². The van der Waals surface area contributed by atoms with Crippen LogP contribution in [0.2, 0.25) is 0 Å². The van der Waals surface area contributed by atoms with E-state index in [0.29, 0.717) is 6.61 Å². The van der Waals surface area contributed by atoms with E-state index in [1.54, 1.807) is 0 Å². The van der Waals surface area contributed by atoms with Crippen LogP contribution in [0.5, 0.6) is 5.75 Å². The molecule has 1 aromatic heterocycles. The molecule has 2 nitrogen and oxygen atoms in total. The summed E-state index contributed by atoms with van der Waals surface area (Å²) in [6.45, 7) is 5.71. The third kappa shape index (κ3) is 3.49. The number of benzene rings is 1. The van der Waals surface area contributed by atoms with Gasteiger partial charge in [-0.25, -0.2) is 0 Å². The zero-order valence-corrected chi connectivity index (χ0v) is 11.0. The molecule has 1 N–H and O–H groups in total. The van der Waals surface area contributed by atoms with E-state index in [1.807, 2.05) is 42.5 Å². The first-order valence-electron chi connectivity index (χ1n) is 5.80. The fourth-order valence-electron chi connectivity index (χ4n) is 1.60. The SMILES string of the molecule is CCOc1ccc(NCc2ccc(C)s2)cc1. The predicted octanol–water partition coefficient (Wildman–Crippen LogP) is 4.07. The van der Waals surface area contributed by atoms with Crippen molar-refractivity contribution in [2.75, 3.05) is 11.9 Å². The standard InChI is InChI=1S/C14H17NOS/c1-3-16-13-7-5-12(6-8-13)15-10-14-9-4-11(2)17-14/h4-9,15H,3,10H2,1-2H3. The zero-order chi connectivity index (χ0) is 12.1. The first-order chi connectivity index (χ1) is 8.28. The van der Waals surface area contributed by atoms with Gasteiger partial charge >= 0.3 is 0 Å². The van der Waals surface area contributed by atoms with Crippen LogP contribution in [-0.4, -0.2) is 6.61 Å². The van der Waals surface area contributed by atoms with Gasteiger partial charge in [-0.2, -0.15) is 0 Å². The molecule has 0 saturated carbocycles. The number of hydrogen-bond donors (Lipinski definition) is 1. The monoisotopic (exact) mass is 247 g/mol. The molecule has 0 spiro atoms. The van der Waals surface area contributed by atoms with Crippen molar-refractivity contribution in [1.82, 2.24) is 0 Å². The molecule has 0 amide bonds. The van der Waals surface area contributed by atoms with Gasteiger partial charge in [0.05, 0.1) is 6.61 Å². The van der Waals surface area contributed by atoms with Crippen LogP contribution in [0.4, 0.5) is 5.69 Å². The average molecular weight is 247 g/mol. The summed E-state index contributed by atoms with van der Waals surface area (Å²) >= 11 is 1.83. The van der Waals surface area contributed by atoms with E-state index in [9.17, 15) is 0 Å². The number of anilines is 1. The third-order valence-corrected chi connectivity index (χ3v) is 3.43. The largest absolute Gasteiger partial charge is 0.494 e. The van der Waals surface area contributed by atoms with Gasteiger partial charge in [-0.05, 0) is 50.2 Å². The summed E-state index contributed by atoms with van der Waals surface area (Å²) in [7, 11) is 0. The van der Waals surface area contributed by atoms with Crippen molar-refractivity contribution in [3.05, 3.63) is 46.2 Å². The van der Waals surface area contributed by atoms with Gasteiger partial charge in [0.2, 0.25) is 0 Å². The molecular formula is C14H17NOS. The molecule has 17 heavy (non-hydrogen) atoms. The minimum atomic E-state index is 0.710. The third-order valence-electron chi connectivity index (χ3n) is 2.43. The number of ether oxygens (including phenoxy) is 1. The Kier molecular flexibility index (Phi) is 4.04. The van der Waals surface area contributed by atoms with E-state index in [1.165, 1.54) is 9.75 Å². The highest BCUT2D eigenvalue weighted by atomic mass is 32.1. The van der Waals surface area contributed by atoms with Crippen molar-refractivity contribution in [1.29, 1.82) is 0 Å². The summed E-state index contributed by atoms with van der Waals surface area (Å²) in [6, 6.07) is 12.4. The van der Waals surface area contributed by atoms with Crippen LogP contribution >= 0.6 is 11.3 Å². The van der Waals surface area contributed by atoms with Crippen LogP contribution in [0.1, 0.15) is 16.7 Å². The topological polar surface area (TPSA) is 21.3 Å². The molecule has 0 bridgehead atoms. The summed E-state index contributed by atoms with van der Waals surface area (Å²) < 4.78 is 5.40. The van der Waals surface area contributed by atoms with Gasteiger partial charge in [0.1, 0.15) is 5.75 Å². The summed E-state index contributed by atoms with van der Waals surface area (Å²) in [5, 5.41) is 3.40. The lowest BCUT2D eigenvalue weighted by molar-refractivity contribution is 0.340. The summed E-state index contributed by atoms with van der Waals surface area (Å²) in [5.41, 5.74) is 1.12. The predicted molar refractivity (Wildman–Crippen MR) is 74.0 cm³/mol. The van der Waals surface area contributed by atoms with E-state index >= 15 is 0 Å². The normalized spacial score (nSPS) is 10.2. The van der Waals surface area contributed by atoms with Gasteiger partial charge < -0.3 is 10.1 Å². The molecule has 0 fully saturated rings. The zero-order valence-electron chi connectivity index (χ0n) is 10.2. The Labute approximate surface area is 106 Å². The van der Waals surface area contributed by atoms with Crippen LogP contribution in [0, 0.1) is 6.92 Å². The summed E-state index contributed by atoms with van der Waals surface area (Å²) in [6.07, 6.45) is 0. The Balaban J connectivity index is 1.90. The number of rotatable bonds is 5.